The standard InChI is InChI=1S/C18H23N3O3/c1-12-15(11-19-21(12)18(2,3)4)17(24)20-14-7-5-6-13(10-14)8-9-16(22)23/h5-7,10-11H,8-9H2,1-4H3,(H,20,24)(H,22,23). The quantitative estimate of drug-likeness (QED) is 0.882. The molecule has 0 bridgehead atoms. The lowest BCUT2D eigenvalue weighted by Crippen LogP contribution is -2.25. The first-order valence-corrected chi connectivity index (χ1v) is 7.85. The Morgan fingerprint density at radius 1 is 1.29 bits per heavy atom. The van der Waals surface area contributed by atoms with E-state index in [2.05, 4.69) is 10.4 Å². The van der Waals surface area contributed by atoms with Crippen molar-refractivity contribution in [2.45, 2.75) is 46.1 Å². The molecule has 0 spiro atoms. The number of carbonyl (C=O) groups is 2. The van der Waals surface area contributed by atoms with Gasteiger partial charge in [0.15, 0.2) is 0 Å². The summed E-state index contributed by atoms with van der Waals surface area (Å²) in [7, 11) is 0. The number of hydrogen-bond acceptors (Lipinski definition) is 3. The molecule has 0 atom stereocenters. The Balaban J connectivity index is 2.14. The third kappa shape index (κ3) is 4.22. The number of carboxylic acids is 1. The number of rotatable bonds is 5. The highest BCUT2D eigenvalue weighted by atomic mass is 16.4. The van der Waals surface area contributed by atoms with Crippen LogP contribution in [0.5, 0.6) is 0 Å². The lowest BCUT2D eigenvalue weighted by Gasteiger charge is -2.21. The van der Waals surface area contributed by atoms with Crippen LogP contribution in [0.3, 0.4) is 0 Å². The fourth-order valence-corrected chi connectivity index (χ4v) is 2.56. The monoisotopic (exact) mass is 329 g/mol. The van der Waals surface area contributed by atoms with Gasteiger partial charge >= 0.3 is 5.97 Å². The molecule has 0 saturated heterocycles. The first-order valence-electron chi connectivity index (χ1n) is 7.85. The number of aromatic nitrogens is 2. The second kappa shape index (κ2) is 6.86. The number of benzene rings is 1. The highest BCUT2D eigenvalue weighted by Crippen LogP contribution is 2.20. The second-order valence-corrected chi connectivity index (χ2v) is 6.77. The fourth-order valence-electron chi connectivity index (χ4n) is 2.56. The van der Waals surface area contributed by atoms with Gasteiger partial charge in [-0.25, -0.2) is 0 Å². The molecule has 1 aromatic carbocycles. The van der Waals surface area contributed by atoms with E-state index in [4.69, 9.17) is 5.11 Å². The predicted molar refractivity (Wildman–Crippen MR) is 92.3 cm³/mol. The van der Waals surface area contributed by atoms with Gasteiger partial charge < -0.3 is 10.4 Å². The number of carboxylic acid groups (broad SMARTS) is 1. The van der Waals surface area contributed by atoms with Gasteiger partial charge in [-0.05, 0) is 51.8 Å². The van der Waals surface area contributed by atoms with Gasteiger partial charge in [0.2, 0.25) is 0 Å². The lowest BCUT2D eigenvalue weighted by atomic mass is 10.1. The molecule has 1 heterocycles. The number of nitrogens with zero attached hydrogens (tertiary/aromatic N) is 2. The summed E-state index contributed by atoms with van der Waals surface area (Å²) in [6, 6.07) is 7.23. The summed E-state index contributed by atoms with van der Waals surface area (Å²) in [6.45, 7) is 7.96. The van der Waals surface area contributed by atoms with E-state index in [1.54, 1.807) is 24.4 Å². The van der Waals surface area contributed by atoms with Crippen molar-refractivity contribution in [2.75, 3.05) is 5.32 Å². The van der Waals surface area contributed by atoms with Crippen LogP contribution in [0.25, 0.3) is 0 Å². The van der Waals surface area contributed by atoms with E-state index in [-0.39, 0.29) is 17.9 Å². The van der Waals surface area contributed by atoms with Crippen molar-refractivity contribution in [1.82, 2.24) is 9.78 Å². The van der Waals surface area contributed by atoms with Crippen LogP contribution in [0.4, 0.5) is 5.69 Å². The minimum Gasteiger partial charge on any atom is -0.481 e. The second-order valence-electron chi connectivity index (χ2n) is 6.77. The maximum atomic E-state index is 12.5. The topological polar surface area (TPSA) is 84.2 Å². The first-order chi connectivity index (χ1) is 11.2. The molecule has 0 aliphatic rings. The van der Waals surface area contributed by atoms with Crippen molar-refractivity contribution in [1.29, 1.82) is 0 Å². The molecule has 24 heavy (non-hydrogen) atoms. The number of carbonyl (C=O) groups excluding carboxylic acids is 1. The number of nitrogens with one attached hydrogen (secondary N) is 1. The zero-order chi connectivity index (χ0) is 17.9. The number of aryl methyl sites for hydroxylation is 1. The molecular formula is C18H23N3O3. The van der Waals surface area contributed by atoms with E-state index in [1.807, 2.05) is 38.4 Å². The normalized spacial score (nSPS) is 11.3. The molecule has 0 radical (unpaired) electrons. The minimum atomic E-state index is -0.838. The molecule has 6 heteroatoms. The van der Waals surface area contributed by atoms with E-state index in [0.29, 0.717) is 17.7 Å². The van der Waals surface area contributed by atoms with Gasteiger partial charge in [-0.15, -0.1) is 0 Å². The molecule has 2 rings (SSSR count). The molecular weight excluding hydrogens is 306 g/mol. The van der Waals surface area contributed by atoms with Crippen LogP contribution in [0.1, 0.15) is 48.8 Å². The summed E-state index contributed by atoms with van der Waals surface area (Å²) in [6.07, 6.45) is 2.07. The van der Waals surface area contributed by atoms with E-state index >= 15 is 0 Å². The molecule has 0 unspecified atom stereocenters. The molecule has 0 aliphatic carbocycles. The molecule has 2 N–H and O–H groups in total. The zero-order valence-electron chi connectivity index (χ0n) is 14.5. The van der Waals surface area contributed by atoms with Crippen molar-refractivity contribution < 1.29 is 14.7 Å². The van der Waals surface area contributed by atoms with Crippen LogP contribution in [0.15, 0.2) is 30.5 Å². The number of aliphatic carboxylic acids is 1. The Morgan fingerprint density at radius 2 is 2.00 bits per heavy atom. The number of amides is 1. The van der Waals surface area contributed by atoms with Crippen LogP contribution in [0, 0.1) is 6.92 Å². The van der Waals surface area contributed by atoms with Gasteiger partial charge in [0.05, 0.1) is 17.3 Å². The maximum absolute atomic E-state index is 12.5. The van der Waals surface area contributed by atoms with Gasteiger partial charge in [0.25, 0.3) is 5.91 Å². The Labute approximate surface area is 141 Å². The zero-order valence-corrected chi connectivity index (χ0v) is 14.5. The number of anilines is 1. The molecule has 128 valence electrons. The Kier molecular flexibility index (Phi) is 5.07. The van der Waals surface area contributed by atoms with Crippen molar-refractivity contribution in [3.63, 3.8) is 0 Å². The summed E-state index contributed by atoms with van der Waals surface area (Å²) in [5, 5.41) is 15.9. The Morgan fingerprint density at radius 3 is 2.58 bits per heavy atom. The largest absolute Gasteiger partial charge is 0.481 e. The molecule has 2 aromatic rings. The molecule has 0 fully saturated rings. The maximum Gasteiger partial charge on any atom is 0.303 e. The molecule has 6 nitrogen and oxygen atoms in total. The summed E-state index contributed by atoms with van der Waals surface area (Å²) >= 11 is 0. The average Bonchev–Trinajstić information content (AvgIpc) is 2.87. The molecule has 1 aromatic heterocycles. The van der Waals surface area contributed by atoms with Crippen LogP contribution in [0.2, 0.25) is 0 Å². The first kappa shape index (κ1) is 17.7. The van der Waals surface area contributed by atoms with Crippen LogP contribution >= 0.6 is 0 Å². The van der Waals surface area contributed by atoms with E-state index in [9.17, 15) is 9.59 Å². The minimum absolute atomic E-state index is 0.0643. The highest BCUT2D eigenvalue weighted by molar-refractivity contribution is 6.04. The van der Waals surface area contributed by atoms with Crippen molar-refractivity contribution in [3.05, 3.63) is 47.3 Å². The summed E-state index contributed by atoms with van der Waals surface area (Å²) < 4.78 is 1.82. The van der Waals surface area contributed by atoms with E-state index < -0.39 is 5.97 Å². The van der Waals surface area contributed by atoms with Crippen molar-refractivity contribution in [2.24, 2.45) is 0 Å². The average molecular weight is 329 g/mol. The summed E-state index contributed by atoms with van der Waals surface area (Å²) in [5.74, 6) is -1.06. The molecule has 1 amide bonds. The predicted octanol–water partition coefficient (Wildman–Crippen LogP) is 3.22. The van der Waals surface area contributed by atoms with Crippen LogP contribution in [-0.2, 0) is 16.8 Å². The third-order valence-corrected chi connectivity index (χ3v) is 3.70. The van der Waals surface area contributed by atoms with E-state index in [0.717, 1.165) is 11.3 Å². The summed E-state index contributed by atoms with van der Waals surface area (Å²) in [4.78, 5) is 23.2. The van der Waals surface area contributed by atoms with Crippen molar-refractivity contribution >= 4 is 17.6 Å². The third-order valence-electron chi connectivity index (χ3n) is 3.70. The van der Waals surface area contributed by atoms with Gasteiger partial charge in [0.1, 0.15) is 0 Å². The SMILES string of the molecule is Cc1c(C(=O)Nc2cccc(CCC(=O)O)c2)cnn1C(C)(C)C. The lowest BCUT2D eigenvalue weighted by molar-refractivity contribution is -0.136. The summed E-state index contributed by atoms with van der Waals surface area (Å²) in [5.41, 5.74) is 2.66. The Bertz CT molecular complexity index is 757. The van der Waals surface area contributed by atoms with Crippen LogP contribution < -0.4 is 5.32 Å². The van der Waals surface area contributed by atoms with Crippen LogP contribution in [-0.4, -0.2) is 26.8 Å². The molecule has 0 aliphatic heterocycles. The Hall–Kier alpha value is -2.63. The molecule has 0 saturated carbocycles. The van der Waals surface area contributed by atoms with Gasteiger partial charge in [-0.3, -0.25) is 14.3 Å². The van der Waals surface area contributed by atoms with Gasteiger partial charge in [-0.2, -0.15) is 5.10 Å². The number of hydrogen-bond donors (Lipinski definition) is 2. The fraction of sp³-hybridized carbons (Fsp3) is 0.389. The van der Waals surface area contributed by atoms with Gasteiger partial charge in [-0.1, -0.05) is 12.1 Å². The van der Waals surface area contributed by atoms with Gasteiger partial charge in [0, 0.05) is 17.8 Å². The van der Waals surface area contributed by atoms with Crippen molar-refractivity contribution in [3.8, 4) is 0 Å². The van der Waals surface area contributed by atoms with E-state index in [1.165, 1.54) is 0 Å². The highest BCUT2D eigenvalue weighted by Gasteiger charge is 2.21. The smallest absolute Gasteiger partial charge is 0.303 e.